The number of allylic oxidation sites excluding steroid dienone is 4. The van der Waals surface area contributed by atoms with Gasteiger partial charge in [0.25, 0.3) is 0 Å². The molecule has 37 heavy (non-hydrogen) atoms. The first kappa shape index (κ1) is 34.4. The molecule has 0 radical (unpaired) electrons. The number of nitrogens with two attached hydrogens (primary N) is 1. The van der Waals surface area contributed by atoms with E-state index in [1.54, 1.807) is 18.2 Å². The molecule has 0 aliphatic heterocycles. The summed E-state index contributed by atoms with van der Waals surface area (Å²) >= 11 is 0. The van der Waals surface area contributed by atoms with E-state index in [2.05, 4.69) is 26.5 Å². The van der Waals surface area contributed by atoms with Crippen LogP contribution in [0.2, 0.25) is 0 Å². The number of aliphatic hydroxyl groups excluding tert-OH is 1. The van der Waals surface area contributed by atoms with E-state index in [0.717, 1.165) is 36.8 Å². The Morgan fingerprint density at radius 1 is 1.05 bits per heavy atom. The molecule has 0 aromatic heterocycles. The minimum Gasteiger partial charge on any atom is -0.392 e. The van der Waals surface area contributed by atoms with Crippen molar-refractivity contribution in [3.63, 3.8) is 0 Å². The summed E-state index contributed by atoms with van der Waals surface area (Å²) in [5, 5.41) is 9.99. The molecule has 206 valence electrons. The smallest absolute Gasteiger partial charge is 0.127 e. The number of benzene rings is 2. The summed E-state index contributed by atoms with van der Waals surface area (Å²) < 4.78 is 25.0. The molecule has 2 unspecified atom stereocenters. The van der Waals surface area contributed by atoms with Crippen LogP contribution in [0.25, 0.3) is 0 Å². The first-order chi connectivity index (χ1) is 17.7. The lowest BCUT2D eigenvalue weighted by Crippen LogP contribution is -2.30. The van der Waals surface area contributed by atoms with Gasteiger partial charge in [0.05, 0.1) is 6.10 Å². The number of aryl methyl sites for hydroxylation is 2. The molecule has 4 rings (SSSR count). The van der Waals surface area contributed by atoms with Crippen LogP contribution in [0.5, 0.6) is 0 Å². The van der Waals surface area contributed by atoms with E-state index in [-0.39, 0.29) is 29.7 Å². The SMILES string of the molecule is C=CC1=C(C)C=C2CCC(O)C2(C)C1.CC.CC.CCc1cccc(F)c1CN.Cc1ccc(F)cc1. The minimum atomic E-state index is -0.188. The highest BCUT2D eigenvalue weighted by atomic mass is 19.1. The Bertz CT molecular complexity index is 986. The molecular weight excluding hydrogens is 464 g/mol. The maximum Gasteiger partial charge on any atom is 0.127 e. The van der Waals surface area contributed by atoms with Gasteiger partial charge in [0.1, 0.15) is 11.6 Å². The van der Waals surface area contributed by atoms with Gasteiger partial charge in [-0.2, -0.15) is 0 Å². The average Bonchev–Trinajstić information content (AvgIpc) is 3.21. The Balaban J connectivity index is 0.000000507. The molecule has 2 aliphatic rings. The van der Waals surface area contributed by atoms with E-state index >= 15 is 0 Å². The molecule has 2 nitrogen and oxygen atoms in total. The standard InChI is InChI=1S/C13H18O.C9H12FN.C7H7F.2C2H6/c1-4-10-8-13(3)11(7-9(10)2)5-6-12(13)14;1-2-7-4-3-5-9(10)8(7)6-11;1-6-2-4-7(8)5-3-6;2*1-2/h4,7,12,14H,1,5-6,8H2,2-3H3;3-5H,2,6,11H2,1H3;2-5H,1H3;2*1-2H3. The second-order valence-corrected chi connectivity index (χ2v) is 8.96. The third-order valence-electron chi connectivity index (χ3n) is 6.67. The van der Waals surface area contributed by atoms with Crippen molar-refractivity contribution in [2.45, 2.75) is 93.7 Å². The van der Waals surface area contributed by atoms with Crippen LogP contribution in [-0.4, -0.2) is 11.2 Å². The monoisotopic (exact) mass is 513 g/mol. The Kier molecular flexibility index (Phi) is 16.6. The third kappa shape index (κ3) is 10.0. The molecule has 0 bridgehead atoms. The predicted octanol–water partition coefficient (Wildman–Crippen LogP) is 9.01. The van der Waals surface area contributed by atoms with Crippen molar-refractivity contribution in [3.05, 3.63) is 106 Å². The number of halogens is 2. The van der Waals surface area contributed by atoms with Gasteiger partial charge in [-0.3, -0.25) is 0 Å². The van der Waals surface area contributed by atoms with Crippen LogP contribution >= 0.6 is 0 Å². The highest BCUT2D eigenvalue weighted by Crippen LogP contribution is 2.50. The van der Waals surface area contributed by atoms with E-state index in [9.17, 15) is 13.9 Å². The van der Waals surface area contributed by atoms with Crippen LogP contribution in [0.3, 0.4) is 0 Å². The van der Waals surface area contributed by atoms with Gasteiger partial charge < -0.3 is 10.8 Å². The Morgan fingerprint density at radius 3 is 2.11 bits per heavy atom. The number of rotatable bonds is 3. The number of hydrogen-bond acceptors (Lipinski definition) is 2. The topological polar surface area (TPSA) is 46.2 Å². The summed E-state index contributed by atoms with van der Waals surface area (Å²) in [4.78, 5) is 0. The molecule has 1 fully saturated rings. The lowest BCUT2D eigenvalue weighted by molar-refractivity contribution is 0.0835. The van der Waals surface area contributed by atoms with Crippen molar-refractivity contribution < 1.29 is 13.9 Å². The second-order valence-electron chi connectivity index (χ2n) is 8.96. The lowest BCUT2D eigenvalue weighted by atomic mass is 9.72. The molecular formula is C33H49F2NO. The van der Waals surface area contributed by atoms with E-state index in [4.69, 9.17) is 5.73 Å². The van der Waals surface area contributed by atoms with E-state index in [1.807, 2.05) is 53.7 Å². The van der Waals surface area contributed by atoms with Gasteiger partial charge in [-0.15, -0.1) is 0 Å². The van der Waals surface area contributed by atoms with Crippen LogP contribution in [0.15, 0.2) is 77.9 Å². The zero-order valence-electron chi connectivity index (χ0n) is 24.3. The highest BCUT2D eigenvalue weighted by Gasteiger charge is 2.43. The molecule has 0 amide bonds. The fraction of sp³-hybridized carbons (Fsp3) is 0.455. The van der Waals surface area contributed by atoms with Gasteiger partial charge in [-0.05, 0) is 74.4 Å². The molecule has 2 aromatic rings. The van der Waals surface area contributed by atoms with Crippen molar-refractivity contribution in [1.29, 1.82) is 0 Å². The summed E-state index contributed by atoms with van der Waals surface area (Å²) in [7, 11) is 0. The minimum absolute atomic E-state index is 0.0109. The summed E-state index contributed by atoms with van der Waals surface area (Å²) in [5.74, 6) is -0.359. The highest BCUT2D eigenvalue weighted by molar-refractivity contribution is 5.43. The van der Waals surface area contributed by atoms with Gasteiger partial charge in [0, 0.05) is 17.5 Å². The van der Waals surface area contributed by atoms with Crippen LogP contribution < -0.4 is 5.73 Å². The first-order valence-electron chi connectivity index (χ1n) is 13.6. The molecule has 4 heteroatoms. The maximum absolute atomic E-state index is 13.0. The predicted molar refractivity (Wildman–Crippen MR) is 156 cm³/mol. The summed E-state index contributed by atoms with van der Waals surface area (Å²) in [5.41, 5.74) is 12.2. The van der Waals surface area contributed by atoms with Crippen molar-refractivity contribution in [3.8, 4) is 0 Å². The quantitative estimate of drug-likeness (QED) is 0.430. The third-order valence-corrected chi connectivity index (χ3v) is 6.67. The molecule has 3 N–H and O–H groups in total. The van der Waals surface area contributed by atoms with Crippen LogP contribution in [0.4, 0.5) is 8.78 Å². The van der Waals surface area contributed by atoms with E-state index in [0.29, 0.717) is 5.56 Å². The second kappa shape index (κ2) is 17.8. The van der Waals surface area contributed by atoms with E-state index < -0.39 is 0 Å². The lowest BCUT2D eigenvalue weighted by Gasteiger charge is -2.34. The Hall–Kier alpha value is -2.56. The summed E-state index contributed by atoms with van der Waals surface area (Å²) in [6, 6.07) is 11.5. The van der Waals surface area contributed by atoms with Crippen molar-refractivity contribution >= 4 is 0 Å². The van der Waals surface area contributed by atoms with Crippen molar-refractivity contribution in [2.75, 3.05) is 0 Å². The molecule has 2 atom stereocenters. The summed E-state index contributed by atoms with van der Waals surface area (Å²) in [6.07, 6.45) is 7.77. The van der Waals surface area contributed by atoms with Crippen molar-refractivity contribution in [1.82, 2.24) is 0 Å². The average molecular weight is 514 g/mol. The molecule has 1 saturated carbocycles. The molecule has 0 saturated heterocycles. The Labute approximate surface area is 225 Å². The van der Waals surface area contributed by atoms with Crippen LogP contribution in [0.1, 0.15) is 84.4 Å². The number of fused-ring (bicyclic) bond motifs is 1. The zero-order valence-corrected chi connectivity index (χ0v) is 24.3. The largest absolute Gasteiger partial charge is 0.392 e. The number of aliphatic hydroxyl groups is 1. The van der Waals surface area contributed by atoms with Gasteiger partial charge in [-0.1, -0.05) is 95.7 Å². The molecule has 0 spiro atoms. The molecule has 0 heterocycles. The zero-order chi connectivity index (χ0) is 28.6. The first-order valence-corrected chi connectivity index (χ1v) is 13.6. The van der Waals surface area contributed by atoms with Gasteiger partial charge in [-0.25, -0.2) is 8.78 Å². The van der Waals surface area contributed by atoms with Crippen LogP contribution in [-0.2, 0) is 13.0 Å². The Morgan fingerprint density at radius 2 is 1.65 bits per heavy atom. The molecule has 2 aromatic carbocycles. The maximum atomic E-state index is 13.0. The molecule has 2 aliphatic carbocycles. The van der Waals surface area contributed by atoms with Gasteiger partial charge in [0.2, 0.25) is 0 Å². The van der Waals surface area contributed by atoms with Gasteiger partial charge in [0.15, 0.2) is 0 Å². The fourth-order valence-corrected chi connectivity index (χ4v) is 4.40. The normalized spacial score (nSPS) is 19.2. The van der Waals surface area contributed by atoms with Crippen LogP contribution in [0, 0.1) is 24.0 Å². The van der Waals surface area contributed by atoms with Gasteiger partial charge >= 0.3 is 0 Å². The van der Waals surface area contributed by atoms with Crippen molar-refractivity contribution in [2.24, 2.45) is 11.1 Å². The summed E-state index contributed by atoms with van der Waals surface area (Å²) in [6.45, 7) is 20.4. The fourth-order valence-electron chi connectivity index (χ4n) is 4.40. The van der Waals surface area contributed by atoms with E-state index in [1.165, 1.54) is 34.9 Å². The number of hydrogen-bond donors (Lipinski definition) is 2.